The van der Waals surface area contributed by atoms with Crippen molar-refractivity contribution in [1.82, 2.24) is 4.98 Å². The largest absolute Gasteiger partial charge is 0.478 e. The van der Waals surface area contributed by atoms with Gasteiger partial charge in [0.15, 0.2) is 0 Å². The van der Waals surface area contributed by atoms with Gasteiger partial charge in [-0.3, -0.25) is 4.98 Å². The predicted molar refractivity (Wildman–Crippen MR) is 84.7 cm³/mol. The number of hydrogen-bond donors (Lipinski definition) is 1. The lowest BCUT2D eigenvalue weighted by atomic mass is 9.86. The molecule has 0 aliphatic rings. The molecule has 3 nitrogen and oxygen atoms in total. The lowest BCUT2D eigenvalue weighted by Gasteiger charge is -2.22. The molecule has 21 heavy (non-hydrogen) atoms. The van der Waals surface area contributed by atoms with Crippen LogP contribution in [-0.4, -0.2) is 16.1 Å². The highest BCUT2D eigenvalue weighted by atomic mass is 16.4. The van der Waals surface area contributed by atoms with Crippen molar-refractivity contribution < 1.29 is 9.90 Å². The van der Waals surface area contributed by atoms with Crippen molar-refractivity contribution in [3.63, 3.8) is 0 Å². The summed E-state index contributed by atoms with van der Waals surface area (Å²) in [5.41, 5.74) is 3.49. The van der Waals surface area contributed by atoms with Crippen LogP contribution in [0.15, 0.2) is 36.4 Å². The molecule has 0 radical (unpaired) electrons. The molecule has 2 rings (SSSR count). The standard InChI is InChI=1S/C18H21NO2/c1-5-15-13(12-9-7-6-8-10-12)11-14(17(20)21)16(19-15)18(2,3)4/h6-11H,5H2,1-4H3,(H,20,21). The summed E-state index contributed by atoms with van der Waals surface area (Å²) in [6, 6.07) is 11.6. The molecule has 110 valence electrons. The van der Waals surface area contributed by atoms with Crippen LogP contribution in [0.4, 0.5) is 0 Å². The quantitative estimate of drug-likeness (QED) is 0.913. The summed E-state index contributed by atoms with van der Waals surface area (Å²) in [7, 11) is 0. The number of carboxylic acids is 1. The molecule has 1 aromatic carbocycles. The Hall–Kier alpha value is -2.16. The third-order valence-electron chi connectivity index (χ3n) is 3.46. The summed E-state index contributed by atoms with van der Waals surface area (Å²) >= 11 is 0. The van der Waals surface area contributed by atoms with E-state index in [1.807, 2.05) is 58.0 Å². The minimum absolute atomic E-state index is 0.290. The lowest BCUT2D eigenvalue weighted by Crippen LogP contribution is -2.20. The number of hydrogen-bond acceptors (Lipinski definition) is 2. The van der Waals surface area contributed by atoms with Gasteiger partial charge >= 0.3 is 5.97 Å². The Kier molecular flexibility index (Phi) is 4.12. The van der Waals surface area contributed by atoms with Gasteiger partial charge in [-0.25, -0.2) is 4.79 Å². The Morgan fingerprint density at radius 2 is 1.81 bits per heavy atom. The van der Waals surface area contributed by atoms with E-state index in [2.05, 4.69) is 4.98 Å². The maximum atomic E-state index is 11.6. The third kappa shape index (κ3) is 3.13. The Morgan fingerprint density at radius 1 is 1.19 bits per heavy atom. The Morgan fingerprint density at radius 3 is 2.29 bits per heavy atom. The van der Waals surface area contributed by atoms with Crippen molar-refractivity contribution in [2.45, 2.75) is 39.5 Å². The van der Waals surface area contributed by atoms with Crippen molar-refractivity contribution in [3.8, 4) is 11.1 Å². The minimum Gasteiger partial charge on any atom is -0.478 e. The zero-order valence-electron chi connectivity index (χ0n) is 13.0. The average molecular weight is 283 g/mol. The van der Waals surface area contributed by atoms with E-state index in [4.69, 9.17) is 0 Å². The van der Waals surface area contributed by atoms with Crippen LogP contribution in [0.1, 0.15) is 49.4 Å². The highest BCUT2D eigenvalue weighted by Crippen LogP contribution is 2.31. The number of aromatic nitrogens is 1. The zero-order chi connectivity index (χ0) is 15.6. The van der Waals surface area contributed by atoms with Crippen LogP contribution in [0.5, 0.6) is 0 Å². The maximum absolute atomic E-state index is 11.6. The first-order valence-electron chi connectivity index (χ1n) is 7.17. The van der Waals surface area contributed by atoms with Crippen molar-refractivity contribution in [2.75, 3.05) is 0 Å². The number of carbonyl (C=O) groups is 1. The van der Waals surface area contributed by atoms with Crippen molar-refractivity contribution >= 4 is 5.97 Å². The van der Waals surface area contributed by atoms with Crippen LogP contribution in [0, 0.1) is 0 Å². The molecule has 0 unspecified atom stereocenters. The van der Waals surface area contributed by atoms with Crippen LogP contribution in [-0.2, 0) is 11.8 Å². The Balaban J connectivity index is 2.74. The van der Waals surface area contributed by atoms with Gasteiger partial charge in [0.25, 0.3) is 0 Å². The maximum Gasteiger partial charge on any atom is 0.337 e. The molecule has 0 amide bonds. The average Bonchev–Trinajstić information content (AvgIpc) is 2.45. The second-order valence-electron chi connectivity index (χ2n) is 6.15. The summed E-state index contributed by atoms with van der Waals surface area (Å²) in [5, 5.41) is 9.52. The number of carboxylic acid groups (broad SMARTS) is 1. The summed E-state index contributed by atoms with van der Waals surface area (Å²) in [6.45, 7) is 8.01. The minimum atomic E-state index is -0.924. The van der Waals surface area contributed by atoms with Crippen molar-refractivity contribution in [2.24, 2.45) is 0 Å². The monoisotopic (exact) mass is 283 g/mol. The SMILES string of the molecule is CCc1nc(C(C)(C)C)c(C(=O)O)cc1-c1ccccc1. The highest BCUT2D eigenvalue weighted by Gasteiger charge is 2.25. The van der Waals surface area contributed by atoms with E-state index in [9.17, 15) is 9.90 Å². The van der Waals surface area contributed by atoms with Gasteiger partial charge in [0.2, 0.25) is 0 Å². The van der Waals surface area contributed by atoms with E-state index < -0.39 is 5.97 Å². The van der Waals surface area contributed by atoms with Gasteiger partial charge in [0, 0.05) is 16.7 Å². The molecule has 0 aliphatic carbocycles. The third-order valence-corrected chi connectivity index (χ3v) is 3.46. The van der Waals surface area contributed by atoms with Gasteiger partial charge in [-0.15, -0.1) is 0 Å². The van der Waals surface area contributed by atoms with E-state index >= 15 is 0 Å². The topological polar surface area (TPSA) is 50.2 Å². The Labute approximate surface area is 125 Å². The van der Waals surface area contributed by atoms with Crippen molar-refractivity contribution in [3.05, 3.63) is 53.3 Å². The number of benzene rings is 1. The number of rotatable bonds is 3. The van der Waals surface area contributed by atoms with Gasteiger partial charge in [0.05, 0.1) is 11.3 Å². The fraction of sp³-hybridized carbons (Fsp3) is 0.333. The summed E-state index contributed by atoms with van der Waals surface area (Å²) in [4.78, 5) is 16.3. The van der Waals surface area contributed by atoms with Crippen molar-refractivity contribution in [1.29, 1.82) is 0 Å². The molecule has 0 fully saturated rings. The molecule has 1 aromatic heterocycles. The predicted octanol–water partition coefficient (Wildman–Crippen LogP) is 4.31. The fourth-order valence-corrected chi connectivity index (χ4v) is 2.42. The van der Waals surface area contributed by atoms with Gasteiger partial charge in [-0.1, -0.05) is 58.0 Å². The number of aryl methyl sites for hydroxylation is 1. The van der Waals surface area contributed by atoms with E-state index in [1.165, 1.54) is 0 Å². The van der Waals surface area contributed by atoms with Gasteiger partial charge in [-0.05, 0) is 18.1 Å². The van der Waals surface area contributed by atoms with Crippen LogP contribution >= 0.6 is 0 Å². The first kappa shape index (κ1) is 15.2. The molecular formula is C18H21NO2. The summed E-state index contributed by atoms with van der Waals surface area (Å²) in [5.74, 6) is -0.924. The molecule has 0 aliphatic heterocycles. The molecular weight excluding hydrogens is 262 g/mol. The first-order valence-corrected chi connectivity index (χ1v) is 7.17. The van der Waals surface area contributed by atoms with E-state index in [1.54, 1.807) is 6.07 Å². The fourth-order valence-electron chi connectivity index (χ4n) is 2.42. The Bertz CT molecular complexity index is 655. The van der Waals surface area contributed by atoms with Crippen LogP contribution < -0.4 is 0 Å². The van der Waals surface area contributed by atoms with Gasteiger partial charge in [-0.2, -0.15) is 0 Å². The van der Waals surface area contributed by atoms with Crippen LogP contribution in [0.3, 0.4) is 0 Å². The number of aromatic carboxylic acids is 1. The molecule has 0 saturated heterocycles. The molecule has 1 heterocycles. The second-order valence-corrected chi connectivity index (χ2v) is 6.15. The number of nitrogens with zero attached hydrogens (tertiary/aromatic N) is 1. The molecule has 0 saturated carbocycles. The van der Waals surface area contributed by atoms with E-state index in [0.717, 1.165) is 23.2 Å². The normalized spacial score (nSPS) is 11.4. The molecule has 1 N–H and O–H groups in total. The smallest absolute Gasteiger partial charge is 0.337 e. The summed E-state index contributed by atoms with van der Waals surface area (Å²) < 4.78 is 0. The molecule has 0 atom stereocenters. The molecule has 2 aromatic rings. The number of pyridine rings is 1. The van der Waals surface area contributed by atoms with E-state index in [-0.39, 0.29) is 5.41 Å². The zero-order valence-corrected chi connectivity index (χ0v) is 13.0. The summed E-state index contributed by atoms with van der Waals surface area (Å²) in [6.07, 6.45) is 0.771. The van der Waals surface area contributed by atoms with Crippen LogP contribution in [0.2, 0.25) is 0 Å². The second kappa shape index (κ2) is 5.68. The van der Waals surface area contributed by atoms with Gasteiger partial charge < -0.3 is 5.11 Å². The van der Waals surface area contributed by atoms with Crippen LogP contribution in [0.25, 0.3) is 11.1 Å². The first-order chi connectivity index (χ1) is 9.84. The highest BCUT2D eigenvalue weighted by molar-refractivity contribution is 5.91. The molecule has 0 bridgehead atoms. The molecule has 3 heteroatoms. The van der Waals surface area contributed by atoms with Gasteiger partial charge in [0.1, 0.15) is 0 Å². The molecule has 0 spiro atoms. The lowest BCUT2D eigenvalue weighted by molar-refractivity contribution is 0.0693. The van der Waals surface area contributed by atoms with E-state index in [0.29, 0.717) is 11.3 Å².